The van der Waals surface area contributed by atoms with Gasteiger partial charge in [-0.1, -0.05) is 12.5 Å². The minimum atomic E-state index is 0.159. The number of hydrogen-bond acceptors (Lipinski definition) is 4. The molecular formula is C19H32N4O. The van der Waals surface area contributed by atoms with Crippen LogP contribution in [0.25, 0.3) is 0 Å². The molecule has 0 aliphatic carbocycles. The summed E-state index contributed by atoms with van der Waals surface area (Å²) in [6.45, 7) is 2.63. The van der Waals surface area contributed by atoms with Gasteiger partial charge in [-0.25, -0.2) is 0 Å². The van der Waals surface area contributed by atoms with Crippen molar-refractivity contribution in [2.45, 2.75) is 57.4 Å². The molecule has 3 N–H and O–H groups in total. The third kappa shape index (κ3) is 6.21. The van der Waals surface area contributed by atoms with E-state index in [0.29, 0.717) is 19.0 Å². The van der Waals surface area contributed by atoms with Gasteiger partial charge in [0, 0.05) is 31.4 Å². The molecule has 1 amide bonds. The average molecular weight is 332 g/mol. The van der Waals surface area contributed by atoms with Gasteiger partial charge in [-0.05, 0) is 69.8 Å². The fraction of sp³-hybridized carbons (Fsp3) is 0.684. The highest BCUT2D eigenvalue weighted by Crippen LogP contribution is 2.30. The highest BCUT2D eigenvalue weighted by molar-refractivity contribution is 5.75. The van der Waals surface area contributed by atoms with Gasteiger partial charge >= 0.3 is 0 Å². The second-order valence-electron chi connectivity index (χ2n) is 6.82. The second kappa shape index (κ2) is 10.4. The highest BCUT2D eigenvalue weighted by atomic mass is 16.1. The van der Waals surface area contributed by atoms with Crippen molar-refractivity contribution >= 4 is 5.91 Å². The normalized spacial score (nSPS) is 18.0. The van der Waals surface area contributed by atoms with Crippen molar-refractivity contribution in [3.8, 4) is 0 Å². The molecule has 2 rings (SSSR count). The van der Waals surface area contributed by atoms with Crippen LogP contribution >= 0.6 is 0 Å². The monoisotopic (exact) mass is 332 g/mol. The van der Waals surface area contributed by atoms with Crippen LogP contribution in [0.5, 0.6) is 0 Å². The first-order valence-electron chi connectivity index (χ1n) is 9.31. The molecule has 5 nitrogen and oxygen atoms in total. The van der Waals surface area contributed by atoms with Crippen LogP contribution in [0.2, 0.25) is 0 Å². The summed E-state index contributed by atoms with van der Waals surface area (Å²) in [5.74, 6) is 0.159. The Hall–Kier alpha value is -1.46. The smallest absolute Gasteiger partial charge is 0.219 e. The van der Waals surface area contributed by atoms with Crippen LogP contribution in [0.1, 0.15) is 62.1 Å². The lowest BCUT2D eigenvalue weighted by atomic mass is 10.0. The number of rotatable bonds is 10. The molecule has 1 aromatic heterocycles. The Labute approximate surface area is 146 Å². The van der Waals surface area contributed by atoms with E-state index in [9.17, 15) is 4.79 Å². The molecule has 0 unspecified atom stereocenters. The number of hydrogen-bond donors (Lipinski definition) is 2. The largest absolute Gasteiger partial charge is 0.356 e. The lowest BCUT2D eigenvalue weighted by molar-refractivity contribution is -0.121. The van der Waals surface area contributed by atoms with Crippen LogP contribution in [-0.2, 0) is 11.2 Å². The van der Waals surface area contributed by atoms with Crippen molar-refractivity contribution < 1.29 is 4.79 Å². The minimum Gasteiger partial charge on any atom is -0.356 e. The van der Waals surface area contributed by atoms with E-state index in [1.54, 1.807) is 0 Å². The van der Waals surface area contributed by atoms with Crippen molar-refractivity contribution in [2.75, 3.05) is 26.7 Å². The molecule has 1 aliphatic rings. The molecule has 2 heterocycles. The molecule has 24 heavy (non-hydrogen) atoms. The fourth-order valence-electron chi connectivity index (χ4n) is 3.37. The molecule has 1 fully saturated rings. The van der Waals surface area contributed by atoms with Crippen LogP contribution in [0, 0.1) is 0 Å². The van der Waals surface area contributed by atoms with Gasteiger partial charge in [-0.15, -0.1) is 0 Å². The molecule has 1 aliphatic heterocycles. The second-order valence-corrected chi connectivity index (χ2v) is 6.82. The van der Waals surface area contributed by atoms with Crippen molar-refractivity contribution in [3.05, 3.63) is 29.6 Å². The number of amides is 1. The van der Waals surface area contributed by atoms with Crippen LogP contribution in [0.15, 0.2) is 18.5 Å². The SMILES string of the molecule is CN1CCC[C@H]1c1cncc(CCCNC(=O)CCCCCN)c1. The molecular weight excluding hydrogens is 300 g/mol. The third-order valence-corrected chi connectivity index (χ3v) is 4.79. The first-order valence-corrected chi connectivity index (χ1v) is 9.31. The Bertz CT molecular complexity index is 506. The number of nitrogens with one attached hydrogen (secondary N) is 1. The predicted octanol–water partition coefficient (Wildman–Crippen LogP) is 2.42. The summed E-state index contributed by atoms with van der Waals surface area (Å²) >= 11 is 0. The van der Waals surface area contributed by atoms with Crippen molar-refractivity contribution in [1.29, 1.82) is 0 Å². The van der Waals surface area contributed by atoms with Crippen molar-refractivity contribution in [3.63, 3.8) is 0 Å². The number of nitrogens with zero attached hydrogens (tertiary/aromatic N) is 2. The fourth-order valence-corrected chi connectivity index (χ4v) is 3.37. The molecule has 0 aromatic carbocycles. The predicted molar refractivity (Wildman–Crippen MR) is 97.7 cm³/mol. The molecule has 1 aromatic rings. The van der Waals surface area contributed by atoms with Gasteiger partial charge in [0.2, 0.25) is 5.91 Å². The summed E-state index contributed by atoms with van der Waals surface area (Å²) < 4.78 is 0. The zero-order valence-electron chi connectivity index (χ0n) is 15.0. The van der Waals surface area contributed by atoms with E-state index in [4.69, 9.17) is 5.73 Å². The van der Waals surface area contributed by atoms with Gasteiger partial charge in [0.25, 0.3) is 0 Å². The maximum atomic E-state index is 11.7. The number of unbranched alkanes of at least 4 members (excludes halogenated alkanes) is 2. The van der Waals surface area contributed by atoms with Crippen LogP contribution < -0.4 is 11.1 Å². The summed E-state index contributed by atoms with van der Waals surface area (Å²) in [4.78, 5) is 18.5. The molecule has 0 bridgehead atoms. The molecule has 1 atom stereocenters. The van der Waals surface area contributed by atoms with Crippen molar-refractivity contribution in [2.24, 2.45) is 5.73 Å². The summed E-state index contributed by atoms with van der Waals surface area (Å²) in [5.41, 5.74) is 8.05. The zero-order valence-corrected chi connectivity index (χ0v) is 15.0. The lowest BCUT2D eigenvalue weighted by Gasteiger charge is -2.19. The topological polar surface area (TPSA) is 71.2 Å². The maximum absolute atomic E-state index is 11.7. The number of carbonyl (C=O) groups is 1. The van der Waals surface area contributed by atoms with Crippen LogP contribution in [-0.4, -0.2) is 42.5 Å². The molecule has 0 spiro atoms. The van der Waals surface area contributed by atoms with Gasteiger partial charge in [-0.3, -0.25) is 14.7 Å². The number of likely N-dealkylation sites (tertiary alicyclic amines) is 1. The number of aromatic nitrogens is 1. The summed E-state index contributed by atoms with van der Waals surface area (Å²) in [6, 6.07) is 2.80. The zero-order chi connectivity index (χ0) is 17.2. The van der Waals surface area contributed by atoms with Gasteiger partial charge in [0.1, 0.15) is 0 Å². The van der Waals surface area contributed by atoms with Gasteiger partial charge in [-0.2, -0.15) is 0 Å². The first-order chi connectivity index (χ1) is 11.7. The van der Waals surface area contributed by atoms with Crippen molar-refractivity contribution in [1.82, 2.24) is 15.2 Å². The van der Waals surface area contributed by atoms with Gasteiger partial charge in [0.15, 0.2) is 0 Å². The molecule has 0 saturated carbocycles. The van der Waals surface area contributed by atoms with E-state index in [0.717, 1.165) is 38.6 Å². The van der Waals surface area contributed by atoms with E-state index >= 15 is 0 Å². The Morgan fingerprint density at radius 2 is 2.21 bits per heavy atom. The van der Waals surface area contributed by atoms with E-state index < -0.39 is 0 Å². The minimum absolute atomic E-state index is 0.159. The number of carbonyl (C=O) groups excluding carboxylic acids is 1. The molecule has 134 valence electrons. The number of pyridine rings is 1. The van der Waals surface area contributed by atoms with E-state index in [1.165, 1.54) is 30.5 Å². The first kappa shape index (κ1) is 18.9. The van der Waals surface area contributed by atoms with Crippen LogP contribution in [0.4, 0.5) is 0 Å². The highest BCUT2D eigenvalue weighted by Gasteiger charge is 2.22. The number of aryl methyl sites for hydroxylation is 1. The van der Waals surface area contributed by atoms with Gasteiger partial charge in [0.05, 0.1) is 0 Å². The van der Waals surface area contributed by atoms with Gasteiger partial charge < -0.3 is 11.1 Å². The molecule has 0 radical (unpaired) electrons. The summed E-state index contributed by atoms with van der Waals surface area (Å²) in [6.07, 6.45) is 12.0. The third-order valence-electron chi connectivity index (χ3n) is 4.79. The Kier molecular flexibility index (Phi) is 8.19. The summed E-state index contributed by atoms with van der Waals surface area (Å²) in [7, 11) is 2.19. The average Bonchev–Trinajstić information content (AvgIpc) is 3.02. The van der Waals surface area contributed by atoms with E-state index in [1.807, 2.05) is 12.4 Å². The Balaban J connectivity index is 1.66. The van der Waals surface area contributed by atoms with E-state index in [2.05, 4.69) is 28.3 Å². The standard InChI is InChI=1S/C19H32N4O/c1-23-12-6-8-18(23)17-13-16(14-21-15-17)7-5-11-22-19(24)9-3-2-4-10-20/h13-15,18H,2-12,20H2,1H3,(H,22,24)/t18-/m0/s1. The Morgan fingerprint density at radius 1 is 1.33 bits per heavy atom. The molecule has 5 heteroatoms. The van der Waals surface area contributed by atoms with Crippen LogP contribution in [0.3, 0.4) is 0 Å². The number of nitrogens with two attached hydrogens (primary N) is 1. The maximum Gasteiger partial charge on any atom is 0.219 e. The van der Waals surface area contributed by atoms with E-state index in [-0.39, 0.29) is 5.91 Å². The molecule has 1 saturated heterocycles. The lowest BCUT2D eigenvalue weighted by Crippen LogP contribution is -2.24. The summed E-state index contributed by atoms with van der Waals surface area (Å²) in [5, 5.41) is 3.01. The quantitative estimate of drug-likeness (QED) is 0.646. The Morgan fingerprint density at radius 3 is 2.96 bits per heavy atom.